The van der Waals surface area contributed by atoms with Crippen molar-refractivity contribution in [3.63, 3.8) is 0 Å². The van der Waals surface area contributed by atoms with Gasteiger partial charge in [0, 0.05) is 19.3 Å². The molecule has 66 heavy (non-hydrogen) atoms. The number of unbranched alkanes of at least 4 members (excludes halogenated alkanes) is 21. The number of rotatable bonds is 48. The van der Waals surface area contributed by atoms with Crippen LogP contribution in [0.2, 0.25) is 0 Å². The highest BCUT2D eigenvalue weighted by Crippen LogP contribution is 2.43. The molecule has 2 N–H and O–H groups in total. The van der Waals surface area contributed by atoms with Gasteiger partial charge in [-0.15, -0.1) is 0 Å². The van der Waals surface area contributed by atoms with Crippen LogP contribution in [0, 0.1) is 0 Å². The van der Waals surface area contributed by atoms with Crippen LogP contribution in [0.25, 0.3) is 0 Å². The lowest BCUT2D eigenvalue weighted by Gasteiger charge is -2.21. The van der Waals surface area contributed by atoms with Gasteiger partial charge in [-0.1, -0.05) is 184 Å². The van der Waals surface area contributed by atoms with E-state index < -0.39 is 57.8 Å². The van der Waals surface area contributed by atoms with Gasteiger partial charge in [0.2, 0.25) is 0 Å². The highest BCUT2D eigenvalue weighted by atomic mass is 31.2. The molecule has 0 saturated heterocycles. The number of allylic oxidation sites excluding steroid dienone is 10. The Morgan fingerprint density at radius 1 is 0.439 bits per heavy atom. The molecule has 0 aromatic carbocycles. The fourth-order valence-corrected chi connectivity index (χ4v) is 7.71. The van der Waals surface area contributed by atoms with E-state index in [-0.39, 0.29) is 25.9 Å². The number of aliphatic hydroxyl groups excluding tert-OH is 1. The van der Waals surface area contributed by atoms with Gasteiger partial charge in [0.15, 0.2) is 6.10 Å². The van der Waals surface area contributed by atoms with Crippen LogP contribution < -0.4 is 0 Å². The Morgan fingerprint density at radius 2 is 0.788 bits per heavy atom. The molecule has 11 nitrogen and oxygen atoms in total. The fourth-order valence-electron chi connectivity index (χ4n) is 6.93. The Bertz CT molecular complexity index is 1340. The van der Waals surface area contributed by atoms with E-state index in [2.05, 4.69) is 81.5 Å². The Morgan fingerprint density at radius 3 is 1.24 bits per heavy atom. The van der Waals surface area contributed by atoms with Gasteiger partial charge in [0.1, 0.15) is 12.7 Å². The summed E-state index contributed by atoms with van der Waals surface area (Å²) in [6.45, 7) is 4.44. The maximum absolute atomic E-state index is 12.8. The zero-order chi connectivity index (χ0) is 48.4. The molecule has 0 amide bonds. The molecule has 0 aromatic heterocycles. The van der Waals surface area contributed by atoms with E-state index in [0.717, 1.165) is 116 Å². The minimum absolute atomic E-state index is 0.147. The predicted molar refractivity (Wildman–Crippen MR) is 270 cm³/mol. The first kappa shape index (κ1) is 63.2. The zero-order valence-corrected chi connectivity index (χ0v) is 42.8. The molecule has 3 atom stereocenters. The number of phosphoric ester groups is 1. The molecule has 3 unspecified atom stereocenters. The summed E-state index contributed by atoms with van der Waals surface area (Å²) >= 11 is 0. The van der Waals surface area contributed by atoms with Gasteiger partial charge in [-0.05, 0) is 83.5 Å². The van der Waals surface area contributed by atoms with Crippen molar-refractivity contribution >= 4 is 25.7 Å². The molecule has 0 rings (SSSR count). The summed E-state index contributed by atoms with van der Waals surface area (Å²) in [6, 6.07) is 0. The van der Waals surface area contributed by atoms with E-state index in [4.69, 9.17) is 23.3 Å². The monoisotopic (exact) mass is 951 g/mol. The standard InChI is InChI=1S/C54H95O11P/c1-4-7-10-13-16-19-21-23-25-27-29-32-35-38-41-44-53(57)64-50(46-55)48-62-66(59,60)63-49-51(47-61-52(56)43-40-37-34-31-18-15-12-9-6-3)65-54(58)45-42-39-36-33-30-28-26-24-22-20-17-14-11-8-5-2/h8,11,16-17,19-20,23-26,50-51,55H,4-7,9-10,12-15,18,21-22,27-49H2,1-3H3,(H,59,60)/b11-8-,19-16-,20-17-,25-23-,26-24-. The lowest BCUT2D eigenvalue weighted by atomic mass is 10.1. The first-order chi connectivity index (χ1) is 32.2. The minimum atomic E-state index is -4.75. The van der Waals surface area contributed by atoms with E-state index in [9.17, 15) is 28.9 Å². The maximum atomic E-state index is 12.8. The molecule has 0 heterocycles. The second kappa shape index (κ2) is 48.6. The van der Waals surface area contributed by atoms with Crippen LogP contribution in [0.1, 0.15) is 226 Å². The fraction of sp³-hybridized carbons (Fsp3) is 0.759. The number of carbonyl (C=O) groups excluding carboxylic acids is 3. The average molecular weight is 951 g/mol. The Hall–Kier alpha value is -2.82. The van der Waals surface area contributed by atoms with Crippen molar-refractivity contribution in [3.8, 4) is 0 Å². The van der Waals surface area contributed by atoms with E-state index in [0.29, 0.717) is 19.3 Å². The van der Waals surface area contributed by atoms with Crippen molar-refractivity contribution in [1.82, 2.24) is 0 Å². The Kier molecular flexibility index (Phi) is 46.6. The van der Waals surface area contributed by atoms with Gasteiger partial charge in [0.05, 0.1) is 19.8 Å². The number of ether oxygens (including phenoxy) is 3. The number of phosphoric acid groups is 1. The molecule has 0 saturated carbocycles. The number of hydrogen-bond acceptors (Lipinski definition) is 10. The molecule has 0 aliphatic rings. The molecule has 382 valence electrons. The van der Waals surface area contributed by atoms with Crippen LogP contribution >= 0.6 is 7.82 Å². The lowest BCUT2D eigenvalue weighted by Crippen LogP contribution is -2.30. The number of carbonyl (C=O) groups is 3. The number of esters is 3. The summed E-state index contributed by atoms with van der Waals surface area (Å²) in [5.41, 5.74) is 0. The smallest absolute Gasteiger partial charge is 0.462 e. The maximum Gasteiger partial charge on any atom is 0.472 e. The molecular formula is C54H95O11P. The third-order valence-electron chi connectivity index (χ3n) is 10.9. The van der Waals surface area contributed by atoms with Crippen molar-refractivity contribution in [2.24, 2.45) is 0 Å². The van der Waals surface area contributed by atoms with Gasteiger partial charge in [-0.3, -0.25) is 23.4 Å². The van der Waals surface area contributed by atoms with Crippen molar-refractivity contribution in [2.45, 2.75) is 238 Å². The Labute approximate surface area is 402 Å². The van der Waals surface area contributed by atoms with Crippen LogP contribution in [0.15, 0.2) is 60.8 Å². The van der Waals surface area contributed by atoms with Crippen molar-refractivity contribution < 1.29 is 52.2 Å². The summed E-state index contributed by atoms with van der Waals surface area (Å²) in [4.78, 5) is 48.2. The second-order valence-corrected chi connectivity index (χ2v) is 18.8. The van der Waals surface area contributed by atoms with Gasteiger partial charge < -0.3 is 24.2 Å². The summed E-state index contributed by atoms with van der Waals surface area (Å²) < 4.78 is 39.3. The summed E-state index contributed by atoms with van der Waals surface area (Å²) in [5.74, 6) is -1.50. The number of aliphatic hydroxyl groups is 1. The van der Waals surface area contributed by atoms with Gasteiger partial charge in [-0.25, -0.2) is 4.57 Å². The van der Waals surface area contributed by atoms with Crippen LogP contribution in [-0.2, 0) is 42.2 Å². The van der Waals surface area contributed by atoms with E-state index in [1.807, 2.05) is 0 Å². The van der Waals surface area contributed by atoms with Crippen LogP contribution in [0.3, 0.4) is 0 Å². The normalized spacial score (nSPS) is 14.0. The summed E-state index contributed by atoms with van der Waals surface area (Å²) in [6.07, 6.45) is 50.5. The summed E-state index contributed by atoms with van der Waals surface area (Å²) in [5, 5.41) is 9.77. The van der Waals surface area contributed by atoms with Gasteiger partial charge >= 0.3 is 25.7 Å². The van der Waals surface area contributed by atoms with Crippen LogP contribution in [0.5, 0.6) is 0 Å². The second-order valence-electron chi connectivity index (χ2n) is 17.3. The molecule has 12 heteroatoms. The zero-order valence-electron chi connectivity index (χ0n) is 41.9. The van der Waals surface area contributed by atoms with Crippen molar-refractivity contribution in [1.29, 1.82) is 0 Å². The predicted octanol–water partition coefficient (Wildman–Crippen LogP) is 14.8. The minimum Gasteiger partial charge on any atom is -0.462 e. The number of hydrogen-bond donors (Lipinski definition) is 2. The topological polar surface area (TPSA) is 155 Å². The Balaban J connectivity index is 4.71. The third-order valence-corrected chi connectivity index (χ3v) is 11.9. The summed E-state index contributed by atoms with van der Waals surface area (Å²) in [7, 11) is -4.75. The van der Waals surface area contributed by atoms with Crippen molar-refractivity contribution in [2.75, 3.05) is 26.4 Å². The third kappa shape index (κ3) is 46.3. The van der Waals surface area contributed by atoms with E-state index in [1.165, 1.54) is 51.4 Å². The molecule has 0 radical (unpaired) electrons. The highest BCUT2D eigenvalue weighted by Gasteiger charge is 2.28. The van der Waals surface area contributed by atoms with E-state index in [1.54, 1.807) is 0 Å². The van der Waals surface area contributed by atoms with Gasteiger partial charge in [0.25, 0.3) is 0 Å². The molecule has 0 fully saturated rings. The lowest BCUT2D eigenvalue weighted by molar-refractivity contribution is -0.161. The molecule has 0 aliphatic heterocycles. The van der Waals surface area contributed by atoms with E-state index >= 15 is 0 Å². The SMILES string of the molecule is CC/C=C\C/C=C\C/C=C\CCCCCCCC(=O)OC(COC(=O)CCCCCCCCCCC)COP(=O)(O)OCC(CO)OC(=O)CCCCCCC/C=C\C/C=C\CCCCC. The van der Waals surface area contributed by atoms with Crippen LogP contribution in [0.4, 0.5) is 0 Å². The first-order valence-corrected chi connectivity index (χ1v) is 27.7. The molecule has 0 aliphatic carbocycles. The quantitative estimate of drug-likeness (QED) is 0.0197. The largest absolute Gasteiger partial charge is 0.472 e. The van der Waals surface area contributed by atoms with Crippen molar-refractivity contribution in [3.05, 3.63) is 60.8 Å². The molecule has 0 spiro atoms. The molecule has 0 bridgehead atoms. The van der Waals surface area contributed by atoms with Gasteiger partial charge in [-0.2, -0.15) is 0 Å². The highest BCUT2D eigenvalue weighted by molar-refractivity contribution is 7.47. The molecular weight excluding hydrogens is 856 g/mol. The molecule has 0 aromatic rings. The first-order valence-electron chi connectivity index (χ1n) is 26.2. The average Bonchev–Trinajstić information content (AvgIpc) is 3.30. The van der Waals surface area contributed by atoms with Crippen LogP contribution in [-0.4, -0.2) is 66.5 Å².